The van der Waals surface area contributed by atoms with E-state index in [1.54, 1.807) is 12.3 Å². The molecule has 1 aromatic rings. The minimum absolute atomic E-state index is 0.836. The van der Waals surface area contributed by atoms with Gasteiger partial charge in [0.15, 0.2) is 0 Å². The fourth-order valence-electron chi connectivity index (χ4n) is 0.626. The Balaban J connectivity index is 2.59. The Labute approximate surface area is 61.0 Å². The minimum atomic E-state index is 0.836. The molecule has 0 unspecified atom stereocenters. The van der Waals surface area contributed by atoms with Crippen LogP contribution in [0.2, 0.25) is 0 Å². The maximum absolute atomic E-state index is 5.11. The molecule has 0 aliphatic carbocycles. The summed E-state index contributed by atoms with van der Waals surface area (Å²) in [6.45, 7) is 3.50. The molecular formula is C9H9O. The summed E-state index contributed by atoms with van der Waals surface area (Å²) in [4.78, 5) is 0. The van der Waals surface area contributed by atoms with Crippen molar-refractivity contribution in [2.75, 3.05) is 0 Å². The van der Waals surface area contributed by atoms with Crippen LogP contribution in [0.5, 0.6) is 5.75 Å². The average molecular weight is 133 g/mol. The van der Waals surface area contributed by atoms with E-state index in [1.165, 1.54) is 0 Å². The van der Waals surface area contributed by atoms with Gasteiger partial charge in [-0.3, -0.25) is 0 Å². The molecule has 1 rings (SSSR count). The zero-order chi connectivity index (χ0) is 7.23. The van der Waals surface area contributed by atoms with Gasteiger partial charge in [0.2, 0.25) is 0 Å². The summed E-state index contributed by atoms with van der Waals surface area (Å²) < 4.78 is 5.11. The standard InChI is InChI=1S/C9H9O/c1-2-8-10-9-6-4-3-5-7-9/h2-8H,1H2/b8-2+. The highest BCUT2D eigenvalue weighted by Gasteiger charge is 1.83. The van der Waals surface area contributed by atoms with Crippen molar-refractivity contribution in [1.29, 1.82) is 0 Å². The maximum atomic E-state index is 5.11. The fraction of sp³-hybridized carbons (Fsp3) is 0. The lowest BCUT2D eigenvalue weighted by Crippen LogP contribution is -1.78. The number of ether oxygens (including phenoxy) is 1. The molecule has 1 aromatic carbocycles. The van der Waals surface area contributed by atoms with E-state index in [0.29, 0.717) is 0 Å². The molecule has 1 heteroatoms. The Kier molecular flexibility index (Phi) is 2.56. The SMILES string of the molecule is [CH2]/C=C/Oc1ccccc1. The van der Waals surface area contributed by atoms with Crippen LogP contribution in [0, 0.1) is 6.92 Å². The van der Waals surface area contributed by atoms with Crippen molar-refractivity contribution in [1.82, 2.24) is 0 Å². The third-order valence-electron chi connectivity index (χ3n) is 1.04. The van der Waals surface area contributed by atoms with Crippen LogP contribution in [0.3, 0.4) is 0 Å². The van der Waals surface area contributed by atoms with Gasteiger partial charge >= 0.3 is 0 Å². The Morgan fingerprint density at radius 3 is 2.50 bits per heavy atom. The molecule has 51 valence electrons. The predicted molar refractivity (Wildman–Crippen MR) is 41.6 cm³/mol. The van der Waals surface area contributed by atoms with E-state index in [2.05, 4.69) is 6.92 Å². The number of hydrogen-bond acceptors (Lipinski definition) is 1. The van der Waals surface area contributed by atoms with Crippen LogP contribution in [-0.4, -0.2) is 0 Å². The molecule has 0 saturated carbocycles. The molecule has 0 aliphatic rings. The number of benzene rings is 1. The van der Waals surface area contributed by atoms with Crippen LogP contribution < -0.4 is 4.74 Å². The van der Waals surface area contributed by atoms with Crippen molar-refractivity contribution in [2.45, 2.75) is 0 Å². The zero-order valence-electron chi connectivity index (χ0n) is 5.66. The summed E-state index contributed by atoms with van der Waals surface area (Å²) in [7, 11) is 0. The van der Waals surface area contributed by atoms with Crippen molar-refractivity contribution >= 4 is 0 Å². The first-order chi connectivity index (χ1) is 4.93. The van der Waals surface area contributed by atoms with Crippen LogP contribution in [0.4, 0.5) is 0 Å². The Morgan fingerprint density at radius 2 is 1.90 bits per heavy atom. The summed E-state index contributed by atoms with van der Waals surface area (Å²) >= 11 is 0. The Morgan fingerprint density at radius 1 is 1.20 bits per heavy atom. The van der Waals surface area contributed by atoms with E-state index in [-0.39, 0.29) is 0 Å². The first kappa shape index (κ1) is 6.87. The molecule has 0 heterocycles. The molecule has 0 aromatic heterocycles. The van der Waals surface area contributed by atoms with Gasteiger partial charge < -0.3 is 4.74 Å². The third kappa shape index (κ3) is 1.94. The summed E-state index contributed by atoms with van der Waals surface area (Å²) in [6, 6.07) is 9.57. The Hall–Kier alpha value is -1.24. The van der Waals surface area contributed by atoms with Gasteiger partial charge in [-0.2, -0.15) is 0 Å². The lowest BCUT2D eigenvalue weighted by molar-refractivity contribution is 0.481. The quantitative estimate of drug-likeness (QED) is 0.563. The Bertz CT molecular complexity index is 201. The second-order valence-electron chi connectivity index (χ2n) is 1.80. The van der Waals surface area contributed by atoms with Crippen molar-refractivity contribution in [3.8, 4) is 5.75 Å². The van der Waals surface area contributed by atoms with Crippen LogP contribution in [-0.2, 0) is 0 Å². The van der Waals surface area contributed by atoms with Crippen molar-refractivity contribution in [3.05, 3.63) is 49.6 Å². The van der Waals surface area contributed by atoms with E-state index in [9.17, 15) is 0 Å². The molecule has 1 radical (unpaired) electrons. The monoisotopic (exact) mass is 133 g/mol. The zero-order valence-corrected chi connectivity index (χ0v) is 5.66. The van der Waals surface area contributed by atoms with E-state index in [1.807, 2.05) is 30.3 Å². The van der Waals surface area contributed by atoms with E-state index >= 15 is 0 Å². The molecule has 0 atom stereocenters. The largest absolute Gasteiger partial charge is 0.465 e. The van der Waals surface area contributed by atoms with Gasteiger partial charge in [-0.25, -0.2) is 0 Å². The smallest absolute Gasteiger partial charge is 0.126 e. The molecule has 0 aliphatic heterocycles. The summed E-state index contributed by atoms with van der Waals surface area (Å²) in [5.41, 5.74) is 0. The molecule has 0 spiro atoms. The highest BCUT2D eigenvalue weighted by molar-refractivity contribution is 5.21. The molecule has 0 amide bonds. The number of allylic oxidation sites excluding steroid dienone is 1. The molecular weight excluding hydrogens is 124 g/mol. The number of rotatable bonds is 2. The lowest BCUT2D eigenvalue weighted by atomic mass is 10.3. The molecule has 0 fully saturated rings. The first-order valence-corrected chi connectivity index (χ1v) is 3.09. The number of para-hydroxylation sites is 1. The van der Waals surface area contributed by atoms with Gasteiger partial charge in [-0.15, -0.1) is 0 Å². The first-order valence-electron chi connectivity index (χ1n) is 3.09. The molecule has 0 N–H and O–H groups in total. The molecule has 10 heavy (non-hydrogen) atoms. The minimum Gasteiger partial charge on any atom is -0.465 e. The normalized spacial score (nSPS) is 10.1. The van der Waals surface area contributed by atoms with E-state index in [0.717, 1.165) is 5.75 Å². The second kappa shape index (κ2) is 3.72. The van der Waals surface area contributed by atoms with Crippen molar-refractivity contribution < 1.29 is 4.74 Å². The lowest BCUT2D eigenvalue weighted by Gasteiger charge is -1.96. The molecule has 1 nitrogen and oxygen atoms in total. The van der Waals surface area contributed by atoms with Gasteiger partial charge in [0.05, 0.1) is 6.26 Å². The third-order valence-corrected chi connectivity index (χ3v) is 1.04. The summed E-state index contributed by atoms with van der Waals surface area (Å²) in [5.74, 6) is 0.836. The van der Waals surface area contributed by atoms with E-state index < -0.39 is 0 Å². The van der Waals surface area contributed by atoms with Crippen LogP contribution >= 0.6 is 0 Å². The van der Waals surface area contributed by atoms with Crippen molar-refractivity contribution in [3.63, 3.8) is 0 Å². The van der Waals surface area contributed by atoms with Crippen molar-refractivity contribution in [2.24, 2.45) is 0 Å². The predicted octanol–water partition coefficient (Wildman–Crippen LogP) is 2.41. The van der Waals surface area contributed by atoms with Crippen LogP contribution in [0.25, 0.3) is 0 Å². The van der Waals surface area contributed by atoms with Gasteiger partial charge in [0, 0.05) is 0 Å². The summed E-state index contributed by atoms with van der Waals surface area (Å²) in [5, 5.41) is 0. The van der Waals surface area contributed by atoms with E-state index in [4.69, 9.17) is 4.74 Å². The van der Waals surface area contributed by atoms with Gasteiger partial charge in [0.1, 0.15) is 5.75 Å². The van der Waals surface area contributed by atoms with Gasteiger partial charge in [-0.05, 0) is 25.1 Å². The molecule has 0 bridgehead atoms. The highest BCUT2D eigenvalue weighted by atomic mass is 16.5. The van der Waals surface area contributed by atoms with Crippen LogP contribution in [0.1, 0.15) is 0 Å². The van der Waals surface area contributed by atoms with Gasteiger partial charge in [-0.1, -0.05) is 18.2 Å². The number of hydrogen-bond donors (Lipinski definition) is 0. The highest BCUT2D eigenvalue weighted by Crippen LogP contribution is 2.07. The fourth-order valence-corrected chi connectivity index (χ4v) is 0.626. The average Bonchev–Trinajstić information content (AvgIpc) is 2.03. The topological polar surface area (TPSA) is 9.23 Å². The maximum Gasteiger partial charge on any atom is 0.126 e. The summed E-state index contributed by atoms with van der Waals surface area (Å²) in [6.07, 6.45) is 3.16. The van der Waals surface area contributed by atoms with Gasteiger partial charge in [0.25, 0.3) is 0 Å². The molecule has 0 saturated heterocycles. The second-order valence-corrected chi connectivity index (χ2v) is 1.80. The van der Waals surface area contributed by atoms with Crippen LogP contribution in [0.15, 0.2) is 42.7 Å².